The molecule has 5 nitrogen and oxygen atoms in total. The highest BCUT2D eigenvalue weighted by Crippen LogP contribution is 2.26. The molecule has 1 fully saturated rings. The molecule has 1 aliphatic heterocycles. The van der Waals surface area contributed by atoms with Crippen LogP contribution >= 0.6 is 0 Å². The monoisotopic (exact) mass is 277 g/mol. The Bertz CT molecular complexity index is 486. The molecule has 110 valence electrons. The quantitative estimate of drug-likeness (QED) is 0.382. The first-order chi connectivity index (χ1) is 9.65. The molecular formula is C15H23N3O2. The van der Waals surface area contributed by atoms with Crippen LogP contribution in [0.25, 0.3) is 0 Å². The van der Waals surface area contributed by atoms with E-state index in [1.54, 1.807) is 0 Å². The van der Waals surface area contributed by atoms with E-state index in [9.17, 15) is 0 Å². The number of piperidine rings is 1. The number of nitrogens with zero attached hydrogens (tertiary/aromatic N) is 2. The summed E-state index contributed by atoms with van der Waals surface area (Å²) in [5.41, 5.74) is 8.74. The van der Waals surface area contributed by atoms with Crippen LogP contribution in [0.5, 0.6) is 0 Å². The molecule has 0 spiro atoms. The zero-order chi connectivity index (χ0) is 14.5. The van der Waals surface area contributed by atoms with Gasteiger partial charge in [0.2, 0.25) is 0 Å². The van der Waals surface area contributed by atoms with E-state index in [2.05, 4.69) is 16.1 Å². The fourth-order valence-corrected chi connectivity index (χ4v) is 2.70. The number of ether oxygens (including phenoxy) is 1. The number of oxime groups is 1. The molecule has 0 aromatic heterocycles. The third kappa shape index (κ3) is 3.22. The van der Waals surface area contributed by atoms with E-state index in [1.807, 2.05) is 26.0 Å². The third-order valence-electron chi connectivity index (χ3n) is 3.66. The lowest BCUT2D eigenvalue weighted by Crippen LogP contribution is -2.40. The number of nitrogens with two attached hydrogens (primary N) is 1. The lowest BCUT2D eigenvalue weighted by Gasteiger charge is -2.35. The summed E-state index contributed by atoms with van der Waals surface area (Å²) in [6.45, 7) is 6.62. The highest BCUT2D eigenvalue weighted by atomic mass is 16.5. The zero-order valence-electron chi connectivity index (χ0n) is 12.2. The molecule has 1 atom stereocenters. The molecule has 1 aliphatic rings. The maximum atomic E-state index is 8.94. The number of hydrogen-bond donors (Lipinski definition) is 2. The van der Waals surface area contributed by atoms with Crippen LogP contribution in [0.2, 0.25) is 0 Å². The molecule has 5 heteroatoms. The minimum atomic E-state index is 0.151. The lowest BCUT2D eigenvalue weighted by molar-refractivity contribution is 0.0526. The zero-order valence-corrected chi connectivity index (χ0v) is 12.2. The Morgan fingerprint density at radius 2 is 2.35 bits per heavy atom. The Hall–Kier alpha value is -1.75. The number of rotatable bonds is 4. The summed E-state index contributed by atoms with van der Waals surface area (Å²) in [5, 5.41) is 12.1. The summed E-state index contributed by atoms with van der Waals surface area (Å²) < 4.78 is 5.74. The third-order valence-corrected chi connectivity index (χ3v) is 3.66. The van der Waals surface area contributed by atoms with Crippen molar-refractivity contribution in [2.45, 2.75) is 32.8 Å². The first kappa shape index (κ1) is 14.7. The maximum absolute atomic E-state index is 8.94. The van der Waals surface area contributed by atoms with Crippen LogP contribution in [0.4, 0.5) is 5.69 Å². The van der Waals surface area contributed by atoms with Crippen molar-refractivity contribution in [1.29, 1.82) is 0 Å². The fraction of sp³-hybridized carbons (Fsp3) is 0.533. The summed E-state index contributed by atoms with van der Waals surface area (Å²) in [4.78, 5) is 2.27. The van der Waals surface area contributed by atoms with Gasteiger partial charge in [0.05, 0.1) is 6.10 Å². The summed E-state index contributed by atoms with van der Waals surface area (Å²) in [6, 6.07) is 5.96. The van der Waals surface area contributed by atoms with Crippen molar-refractivity contribution in [3.63, 3.8) is 0 Å². The molecule has 20 heavy (non-hydrogen) atoms. The minimum Gasteiger partial charge on any atom is -0.409 e. The van der Waals surface area contributed by atoms with Crippen molar-refractivity contribution in [2.24, 2.45) is 10.9 Å². The molecular weight excluding hydrogens is 254 g/mol. The number of anilines is 1. The smallest absolute Gasteiger partial charge is 0.172 e. The van der Waals surface area contributed by atoms with Gasteiger partial charge in [0.15, 0.2) is 5.84 Å². The Balaban J connectivity index is 2.28. The van der Waals surface area contributed by atoms with Gasteiger partial charge in [-0.15, -0.1) is 0 Å². The molecule has 1 saturated heterocycles. The van der Waals surface area contributed by atoms with Crippen LogP contribution < -0.4 is 10.6 Å². The number of aryl methyl sites for hydroxylation is 1. The second-order valence-corrected chi connectivity index (χ2v) is 5.17. The molecule has 1 aromatic rings. The SMILES string of the molecule is CCOC1CCCN(c2cc(C)ccc2C(N)=NO)C1. The van der Waals surface area contributed by atoms with Crippen molar-refractivity contribution in [3.8, 4) is 0 Å². The van der Waals surface area contributed by atoms with Crippen molar-refractivity contribution >= 4 is 11.5 Å². The van der Waals surface area contributed by atoms with E-state index < -0.39 is 0 Å². The number of hydrogen-bond acceptors (Lipinski definition) is 4. The maximum Gasteiger partial charge on any atom is 0.172 e. The summed E-state index contributed by atoms with van der Waals surface area (Å²) in [5.74, 6) is 0.151. The van der Waals surface area contributed by atoms with Gasteiger partial charge in [-0.2, -0.15) is 0 Å². The highest BCUT2D eigenvalue weighted by Gasteiger charge is 2.23. The lowest BCUT2D eigenvalue weighted by atomic mass is 10.0. The average Bonchev–Trinajstić information content (AvgIpc) is 2.47. The van der Waals surface area contributed by atoms with Crippen molar-refractivity contribution in [1.82, 2.24) is 0 Å². The average molecular weight is 277 g/mol. The topological polar surface area (TPSA) is 71.1 Å². The Kier molecular flexibility index (Phi) is 4.84. The van der Waals surface area contributed by atoms with Gasteiger partial charge in [-0.05, 0) is 44.4 Å². The largest absolute Gasteiger partial charge is 0.409 e. The highest BCUT2D eigenvalue weighted by molar-refractivity contribution is 6.02. The van der Waals surface area contributed by atoms with Crippen LogP contribution in [-0.4, -0.2) is 36.8 Å². The first-order valence-electron chi connectivity index (χ1n) is 7.10. The summed E-state index contributed by atoms with van der Waals surface area (Å²) in [6.07, 6.45) is 2.44. The Morgan fingerprint density at radius 1 is 1.55 bits per heavy atom. The number of amidine groups is 1. The summed E-state index contributed by atoms with van der Waals surface area (Å²) in [7, 11) is 0. The van der Waals surface area contributed by atoms with Gasteiger partial charge in [0, 0.05) is 30.9 Å². The van der Waals surface area contributed by atoms with Crippen molar-refractivity contribution < 1.29 is 9.94 Å². The van der Waals surface area contributed by atoms with Gasteiger partial charge >= 0.3 is 0 Å². The second-order valence-electron chi connectivity index (χ2n) is 5.17. The van der Waals surface area contributed by atoms with Crippen LogP contribution in [0, 0.1) is 6.92 Å². The molecule has 1 heterocycles. The molecule has 0 bridgehead atoms. The van der Waals surface area contributed by atoms with Gasteiger partial charge in [-0.3, -0.25) is 0 Å². The van der Waals surface area contributed by atoms with E-state index in [4.69, 9.17) is 15.7 Å². The standard InChI is InChI=1S/C15H23N3O2/c1-3-20-12-5-4-8-18(10-12)14-9-11(2)6-7-13(14)15(16)17-19/h6-7,9,12,19H,3-5,8,10H2,1-2H3,(H2,16,17). The molecule has 1 unspecified atom stereocenters. The first-order valence-corrected chi connectivity index (χ1v) is 7.10. The van der Waals surface area contributed by atoms with Crippen LogP contribution in [0.15, 0.2) is 23.4 Å². The fourth-order valence-electron chi connectivity index (χ4n) is 2.70. The predicted molar refractivity (Wildman–Crippen MR) is 80.6 cm³/mol. The van der Waals surface area contributed by atoms with E-state index in [0.29, 0.717) is 0 Å². The molecule has 0 aliphatic carbocycles. The molecule has 0 saturated carbocycles. The van der Waals surface area contributed by atoms with Crippen LogP contribution in [0.1, 0.15) is 30.9 Å². The van der Waals surface area contributed by atoms with Crippen molar-refractivity contribution in [3.05, 3.63) is 29.3 Å². The van der Waals surface area contributed by atoms with Crippen LogP contribution in [-0.2, 0) is 4.74 Å². The molecule has 3 N–H and O–H groups in total. The van der Waals surface area contributed by atoms with E-state index in [1.165, 1.54) is 0 Å². The normalized spacial score (nSPS) is 20.2. The van der Waals surface area contributed by atoms with E-state index >= 15 is 0 Å². The van der Waals surface area contributed by atoms with Crippen molar-refractivity contribution in [2.75, 3.05) is 24.6 Å². The van der Waals surface area contributed by atoms with Gasteiger partial charge in [0.25, 0.3) is 0 Å². The van der Waals surface area contributed by atoms with E-state index in [0.717, 1.165) is 49.4 Å². The predicted octanol–water partition coefficient (Wildman–Crippen LogP) is 2.09. The molecule has 0 amide bonds. The molecule has 1 aromatic carbocycles. The minimum absolute atomic E-state index is 0.151. The van der Waals surface area contributed by atoms with E-state index in [-0.39, 0.29) is 11.9 Å². The Labute approximate surface area is 120 Å². The van der Waals surface area contributed by atoms with Gasteiger partial charge in [-0.25, -0.2) is 0 Å². The summed E-state index contributed by atoms with van der Waals surface area (Å²) >= 11 is 0. The molecule has 0 radical (unpaired) electrons. The van der Waals surface area contributed by atoms with Gasteiger partial charge in [-0.1, -0.05) is 11.2 Å². The molecule has 2 rings (SSSR count). The van der Waals surface area contributed by atoms with Crippen LogP contribution in [0.3, 0.4) is 0 Å². The number of benzene rings is 1. The van der Waals surface area contributed by atoms with Gasteiger partial charge in [0.1, 0.15) is 0 Å². The second kappa shape index (κ2) is 6.61. The Morgan fingerprint density at radius 3 is 3.05 bits per heavy atom. The van der Waals surface area contributed by atoms with Gasteiger partial charge < -0.3 is 20.6 Å².